The summed E-state index contributed by atoms with van der Waals surface area (Å²) in [6, 6.07) is 5.80. The van der Waals surface area contributed by atoms with E-state index >= 15 is 0 Å². The molecule has 0 saturated carbocycles. The van der Waals surface area contributed by atoms with E-state index in [-0.39, 0.29) is 0 Å². The summed E-state index contributed by atoms with van der Waals surface area (Å²) in [4.78, 5) is 8.02. The lowest BCUT2D eigenvalue weighted by Gasteiger charge is -2.20. The second-order valence-corrected chi connectivity index (χ2v) is 4.74. The molecule has 1 aromatic heterocycles. The lowest BCUT2D eigenvalue weighted by molar-refractivity contribution is 0.448. The van der Waals surface area contributed by atoms with Crippen molar-refractivity contribution in [3.63, 3.8) is 0 Å². The van der Waals surface area contributed by atoms with Crippen molar-refractivity contribution >= 4 is 22.6 Å². The summed E-state index contributed by atoms with van der Waals surface area (Å²) >= 11 is 5.96. The fourth-order valence-electron chi connectivity index (χ4n) is 2.29. The maximum Gasteiger partial charge on any atom is 0.110 e. The summed E-state index contributed by atoms with van der Waals surface area (Å²) < 4.78 is 0. The van der Waals surface area contributed by atoms with Crippen molar-refractivity contribution in [2.75, 3.05) is 13.1 Å². The van der Waals surface area contributed by atoms with Crippen molar-refractivity contribution in [1.82, 2.24) is 15.3 Å². The van der Waals surface area contributed by atoms with Crippen LogP contribution in [0.25, 0.3) is 11.0 Å². The average molecular weight is 236 g/mol. The first-order chi connectivity index (χ1) is 7.83. The molecule has 84 valence electrons. The molecule has 1 fully saturated rings. The summed E-state index contributed by atoms with van der Waals surface area (Å²) in [6.45, 7) is 2.17. The highest BCUT2D eigenvalue weighted by Gasteiger charge is 2.18. The third-order valence-corrected chi connectivity index (χ3v) is 3.42. The molecular formula is C12H14ClN3. The van der Waals surface area contributed by atoms with Gasteiger partial charge in [-0.3, -0.25) is 0 Å². The lowest BCUT2D eigenvalue weighted by atomic mass is 9.98. The molecule has 2 N–H and O–H groups in total. The topological polar surface area (TPSA) is 40.7 Å². The molecule has 0 unspecified atom stereocenters. The van der Waals surface area contributed by atoms with Crippen LogP contribution in [0.2, 0.25) is 5.02 Å². The highest BCUT2D eigenvalue weighted by Crippen LogP contribution is 2.26. The van der Waals surface area contributed by atoms with E-state index < -0.39 is 0 Å². The third kappa shape index (κ3) is 1.81. The number of imidazole rings is 1. The Morgan fingerprint density at radius 3 is 2.88 bits per heavy atom. The molecule has 0 amide bonds. The zero-order valence-electron chi connectivity index (χ0n) is 8.96. The first-order valence-corrected chi connectivity index (χ1v) is 6.06. The number of hydrogen-bond donors (Lipinski definition) is 2. The first-order valence-electron chi connectivity index (χ1n) is 5.69. The van der Waals surface area contributed by atoms with Crippen molar-refractivity contribution in [2.45, 2.75) is 18.8 Å². The number of H-pyrrole nitrogens is 1. The molecule has 0 atom stereocenters. The Morgan fingerprint density at radius 1 is 1.25 bits per heavy atom. The van der Waals surface area contributed by atoms with E-state index in [1.807, 2.05) is 18.2 Å². The van der Waals surface area contributed by atoms with Crippen LogP contribution in [0.1, 0.15) is 24.6 Å². The molecule has 1 aliphatic rings. The number of rotatable bonds is 1. The number of nitrogens with zero attached hydrogens (tertiary/aromatic N) is 1. The van der Waals surface area contributed by atoms with Crippen LogP contribution in [-0.2, 0) is 0 Å². The van der Waals surface area contributed by atoms with E-state index in [4.69, 9.17) is 11.6 Å². The van der Waals surface area contributed by atoms with Crippen molar-refractivity contribution < 1.29 is 0 Å². The zero-order chi connectivity index (χ0) is 11.0. The summed E-state index contributed by atoms with van der Waals surface area (Å²) in [6.07, 6.45) is 2.32. The number of hydrogen-bond acceptors (Lipinski definition) is 2. The van der Waals surface area contributed by atoms with Gasteiger partial charge in [0.25, 0.3) is 0 Å². The van der Waals surface area contributed by atoms with Gasteiger partial charge in [0.15, 0.2) is 0 Å². The van der Waals surface area contributed by atoms with Crippen LogP contribution in [-0.4, -0.2) is 23.1 Å². The second-order valence-electron chi connectivity index (χ2n) is 4.31. The fourth-order valence-corrected chi connectivity index (χ4v) is 2.46. The van der Waals surface area contributed by atoms with Crippen molar-refractivity contribution in [3.8, 4) is 0 Å². The Morgan fingerprint density at radius 2 is 2.06 bits per heavy atom. The smallest absolute Gasteiger partial charge is 0.110 e. The Bertz CT molecular complexity index is 500. The van der Waals surface area contributed by atoms with Gasteiger partial charge in [-0.1, -0.05) is 11.6 Å². The first kappa shape index (κ1) is 10.1. The minimum atomic E-state index is 0.562. The van der Waals surface area contributed by atoms with E-state index in [0.717, 1.165) is 47.8 Å². The molecule has 16 heavy (non-hydrogen) atoms. The molecule has 1 aromatic carbocycles. The van der Waals surface area contributed by atoms with Gasteiger partial charge in [-0.15, -0.1) is 0 Å². The summed E-state index contributed by atoms with van der Waals surface area (Å²) in [5.41, 5.74) is 2.05. The Hall–Kier alpha value is -1.06. The highest BCUT2D eigenvalue weighted by atomic mass is 35.5. The van der Waals surface area contributed by atoms with Gasteiger partial charge in [0.2, 0.25) is 0 Å². The summed E-state index contributed by atoms with van der Waals surface area (Å²) in [7, 11) is 0. The van der Waals surface area contributed by atoms with Crippen LogP contribution < -0.4 is 5.32 Å². The summed E-state index contributed by atoms with van der Waals surface area (Å²) in [5, 5.41) is 4.12. The van der Waals surface area contributed by atoms with E-state index in [2.05, 4.69) is 15.3 Å². The molecule has 0 bridgehead atoms. The molecule has 1 saturated heterocycles. The normalized spacial score (nSPS) is 18.1. The number of fused-ring (bicyclic) bond motifs is 1. The molecule has 3 rings (SSSR count). The van der Waals surface area contributed by atoms with Crippen LogP contribution in [0.4, 0.5) is 0 Å². The second kappa shape index (κ2) is 4.07. The maximum atomic E-state index is 5.96. The van der Waals surface area contributed by atoms with E-state index in [1.165, 1.54) is 0 Å². The third-order valence-electron chi connectivity index (χ3n) is 3.19. The summed E-state index contributed by atoms with van der Waals surface area (Å²) in [5.74, 6) is 1.67. The fraction of sp³-hybridized carbons (Fsp3) is 0.417. The van der Waals surface area contributed by atoms with Crippen LogP contribution in [0.5, 0.6) is 0 Å². The molecule has 4 heteroatoms. The standard InChI is InChI=1S/C12H14ClN3/c13-9-1-2-10-11(7-9)16-12(15-10)8-3-5-14-6-4-8/h1-2,7-8,14H,3-6H2,(H,15,16). The number of aromatic amines is 1. The average Bonchev–Trinajstić information content (AvgIpc) is 2.73. The molecule has 0 aliphatic carbocycles. The molecule has 0 radical (unpaired) electrons. The van der Waals surface area contributed by atoms with E-state index in [9.17, 15) is 0 Å². The van der Waals surface area contributed by atoms with Gasteiger partial charge < -0.3 is 10.3 Å². The molecule has 1 aliphatic heterocycles. The van der Waals surface area contributed by atoms with E-state index in [1.54, 1.807) is 0 Å². The Kier molecular flexibility index (Phi) is 2.58. The highest BCUT2D eigenvalue weighted by molar-refractivity contribution is 6.31. The van der Waals surface area contributed by atoms with Crippen LogP contribution in [0.15, 0.2) is 18.2 Å². The molecule has 2 heterocycles. The predicted octanol–water partition coefficient (Wildman–Crippen LogP) is 2.68. The number of nitrogens with one attached hydrogen (secondary N) is 2. The minimum Gasteiger partial charge on any atom is -0.342 e. The van der Waals surface area contributed by atoms with Gasteiger partial charge in [0, 0.05) is 10.9 Å². The zero-order valence-corrected chi connectivity index (χ0v) is 9.72. The van der Waals surface area contributed by atoms with Gasteiger partial charge in [0.1, 0.15) is 5.82 Å². The van der Waals surface area contributed by atoms with Crippen LogP contribution in [0.3, 0.4) is 0 Å². The quantitative estimate of drug-likeness (QED) is 0.798. The molecular weight excluding hydrogens is 222 g/mol. The van der Waals surface area contributed by atoms with Crippen molar-refractivity contribution in [3.05, 3.63) is 29.0 Å². The maximum absolute atomic E-state index is 5.96. The predicted molar refractivity (Wildman–Crippen MR) is 65.9 cm³/mol. The molecule has 0 spiro atoms. The number of benzene rings is 1. The van der Waals surface area contributed by atoms with Crippen molar-refractivity contribution in [2.24, 2.45) is 0 Å². The van der Waals surface area contributed by atoms with Gasteiger partial charge >= 0.3 is 0 Å². The molecule has 3 nitrogen and oxygen atoms in total. The SMILES string of the molecule is Clc1ccc2nc(C3CCNCC3)[nH]c2c1. The Balaban J connectivity index is 1.97. The largest absolute Gasteiger partial charge is 0.342 e. The number of piperidine rings is 1. The number of aromatic nitrogens is 2. The minimum absolute atomic E-state index is 0.562. The van der Waals surface area contributed by atoms with Gasteiger partial charge in [-0.2, -0.15) is 0 Å². The van der Waals surface area contributed by atoms with Gasteiger partial charge in [0.05, 0.1) is 11.0 Å². The van der Waals surface area contributed by atoms with E-state index in [0.29, 0.717) is 5.92 Å². The Labute approximate surface area is 99.2 Å². The lowest BCUT2D eigenvalue weighted by Crippen LogP contribution is -2.27. The molecule has 2 aromatic rings. The van der Waals surface area contributed by atoms with Crippen LogP contribution in [0, 0.1) is 0 Å². The van der Waals surface area contributed by atoms with Gasteiger partial charge in [-0.25, -0.2) is 4.98 Å². The van der Waals surface area contributed by atoms with Gasteiger partial charge in [-0.05, 0) is 44.1 Å². The van der Waals surface area contributed by atoms with Crippen LogP contribution >= 0.6 is 11.6 Å². The monoisotopic (exact) mass is 235 g/mol. The van der Waals surface area contributed by atoms with Crippen molar-refractivity contribution in [1.29, 1.82) is 0 Å². The number of halogens is 1.